The minimum absolute atomic E-state index is 0.676. The molecule has 75 heavy (non-hydrogen) atoms. The number of hydrogen-bond acceptors (Lipinski definition) is 2. The summed E-state index contributed by atoms with van der Waals surface area (Å²) in [6, 6.07) is 98.2. The molecule has 0 aliphatic heterocycles. The van der Waals surface area contributed by atoms with Gasteiger partial charge in [-0.3, -0.25) is 0 Å². The van der Waals surface area contributed by atoms with Gasteiger partial charge in [-0.15, -0.1) is 0 Å². The topological polar surface area (TPSA) is 40.6 Å². The lowest BCUT2D eigenvalue weighted by Gasteiger charge is -2.19. The zero-order valence-corrected chi connectivity index (χ0v) is 40.7. The Morgan fingerprint density at radius 1 is 0.213 bits per heavy atom. The molecular formula is C70H45N5. The van der Waals surface area contributed by atoms with Gasteiger partial charge in [-0.25, -0.2) is 9.97 Å². The lowest BCUT2D eigenvalue weighted by atomic mass is 9.98. The predicted octanol–water partition coefficient (Wildman–Crippen LogP) is 18.1. The summed E-state index contributed by atoms with van der Waals surface area (Å²) in [5.74, 6) is 0.676. The Hall–Kier alpha value is -10.1. The molecule has 0 unspecified atom stereocenters. The van der Waals surface area contributed by atoms with Crippen LogP contribution in [0.1, 0.15) is 0 Å². The zero-order chi connectivity index (χ0) is 49.4. The van der Waals surface area contributed by atoms with Gasteiger partial charge in [-0.1, -0.05) is 188 Å². The first-order valence-electron chi connectivity index (χ1n) is 25.6. The largest absolute Gasteiger partial charge is 0.309 e. The third-order valence-electron chi connectivity index (χ3n) is 15.0. The maximum absolute atomic E-state index is 5.52. The van der Waals surface area contributed by atoms with Crippen molar-refractivity contribution in [1.29, 1.82) is 0 Å². The molecule has 0 aliphatic rings. The van der Waals surface area contributed by atoms with Gasteiger partial charge in [-0.2, -0.15) is 0 Å². The SMILES string of the molecule is c1ccc(-c2nc(-c3ccccc3)c(-n3c4ccc(-c5ccc6c(c5)c5ccccc5n6-c5ccccc5)cc4c4cc(-c5ccc6c(c5)c5ccccc5n6-c5ccccc5)ccc43)c(-c3ccccc3)n2)cc1. The van der Waals surface area contributed by atoms with Crippen LogP contribution in [-0.4, -0.2) is 23.7 Å². The molecule has 0 N–H and O–H groups in total. The van der Waals surface area contributed by atoms with Crippen LogP contribution in [-0.2, 0) is 0 Å². The molecule has 11 aromatic carbocycles. The van der Waals surface area contributed by atoms with Gasteiger partial charge in [0.05, 0.1) is 50.2 Å². The van der Waals surface area contributed by atoms with Crippen molar-refractivity contribution in [3.63, 3.8) is 0 Å². The van der Waals surface area contributed by atoms with Gasteiger partial charge in [0.15, 0.2) is 5.82 Å². The molecule has 0 saturated heterocycles. The van der Waals surface area contributed by atoms with Crippen LogP contribution >= 0.6 is 0 Å². The Bertz CT molecular complexity index is 4390. The first kappa shape index (κ1) is 42.6. The number of benzene rings is 11. The summed E-state index contributed by atoms with van der Waals surface area (Å²) in [5, 5.41) is 7.18. The summed E-state index contributed by atoms with van der Waals surface area (Å²) >= 11 is 0. The molecule has 5 heteroatoms. The van der Waals surface area contributed by atoms with Crippen LogP contribution in [0.25, 0.3) is 139 Å². The monoisotopic (exact) mass is 955 g/mol. The van der Waals surface area contributed by atoms with E-state index in [1.54, 1.807) is 0 Å². The Morgan fingerprint density at radius 2 is 0.507 bits per heavy atom. The van der Waals surface area contributed by atoms with Crippen molar-refractivity contribution < 1.29 is 0 Å². The van der Waals surface area contributed by atoms with Crippen molar-refractivity contribution >= 4 is 65.4 Å². The lowest BCUT2D eigenvalue weighted by molar-refractivity contribution is 1.09. The van der Waals surface area contributed by atoms with Crippen LogP contribution in [0.3, 0.4) is 0 Å². The number of fused-ring (bicyclic) bond motifs is 9. The molecule has 0 aliphatic carbocycles. The molecule has 0 saturated carbocycles. The summed E-state index contributed by atoms with van der Waals surface area (Å²) in [7, 11) is 0. The van der Waals surface area contributed by atoms with Gasteiger partial charge in [0.2, 0.25) is 0 Å². The summed E-state index contributed by atoms with van der Waals surface area (Å²) < 4.78 is 7.18. The Morgan fingerprint density at radius 3 is 0.893 bits per heavy atom. The molecule has 0 radical (unpaired) electrons. The van der Waals surface area contributed by atoms with E-state index in [0.717, 1.165) is 89.2 Å². The molecule has 15 rings (SSSR count). The highest BCUT2D eigenvalue weighted by atomic mass is 15.1. The molecule has 350 valence electrons. The minimum Gasteiger partial charge on any atom is -0.309 e. The highest BCUT2D eigenvalue weighted by Gasteiger charge is 2.25. The number of aromatic nitrogens is 5. The standard InChI is InChI=1S/C70H45N5/c1-6-20-46(21-7-1)67-69(68(47-22-8-2-9-23-47)72-70(71-67)48-24-10-3-11-25-48)75-65-40-36-51(49-34-38-63-57(42-49)55-30-16-18-32-61(55)73(63)53-26-12-4-13-27-53)44-59(65)60-45-52(37-41-66(60)75)50-35-39-64-58(43-50)56-31-17-19-33-62(56)74(64)54-28-14-5-15-29-54/h1-45H. The number of nitrogens with zero attached hydrogens (tertiary/aromatic N) is 5. The van der Waals surface area contributed by atoms with E-state index in [4.69, 9.17) is 9.97 Å². The summed E-state index contributed by atoms with van der Waals surface area (Å²) in [5.41, 5.74) is 19.4. The summed E-state index contributed by atoms with van der Waals surface area (Å²) in [4.78, 5) is 11.0. The lowest BCUT2D eigenvalue weighted by Crippen LogP contribution is -2.06. The van der Waals surface area contributed by atoms with Gasteiger partial charge in [0.1, 0.15) is 0 Å². The number of hydrogen-bond donors (Lipinski definition) is 0. The van der Waals surface area contributed by atoms with E-state index in [1.165, 1.54) is 43.6 Å². The third-order valence-corrected chi connectivity index (χ3v) is 15.0. The molecular weight excluding hydrogens is 911 g/mol. The fourth-order valence-corrected chi connectivity index (χ4v) is 11.6. The van der Waals surface area contributed by atoms with Crippen LogP contribution < -0.4 is 0 Å². The molecule has 4 heterocycles. The van der Waals surface area contributed by atoms with Crippen molar-refractivity contribution in [3.05, 3.63) is 273 Å². The van der Waals surface area contributed by atoms with Crippen molar-refractivity contribution in [2.24, 2.45) is 0 Å². The Balaban J connectivity index is 1.000. The van der Waals surface area contributed by atoms with E-state index in [9.17, 15) is 0 Å². The fraction of sp³-hybridized carbons (Fsp3) is 0. The van der Waals surface area contributed by atoms with Gasteiger partial charge in [0, 0.05) is 60.4 Å². The summed E-state index contributed by atoms with van der Waals surface area (Å²) in [6.45, 7) is 0. The summed E-state index contributed by atoms with van der Waals surface area (Å²) in [6.07, 6.45) is 0. The highest BCUT2D eigenvalue weighted by molar-refractivity contribution is 6.15. The average Bonchev–Trinajstić information content (AvgIpc) is 4.13. The van der Waals surface area contributed by atoms with Gasteiger partial charge >= 0.3 is 0 Å². The van der Waals surface area contributed by atoms with Gasteiger partial charge in [-0.05, 0) is 107 Å². The van der Waals surface area contributed by atoms with Gasteiger partial charge < -0.3 is 13.7 Å². The van der Waals surface area contributed by atoms with Gasteiger partial charge in [0.25, 0.3) is 0 Å². The van der Waals surface area contributed by atoms with E-state index in [2.05, 4.69) is 281 Å². The first-order valence-corrected chi connectivity index (χ1v) is 25.6. The normalized spacial score (nSPS) is 11.7. The van der Waals surface area contributed by atoms with Crippen molar-refractivity contribution in [3.8, 4) is 73.2 Å². The van der Waals surface area contributed by atoms with Crippen LogP contribution in [0.4, 0.5) is 0 Å². The third kappa shape index (κ3) is 6.93. The van der Waals surface area contributed by atoms with Crippen LogP contribution in [0.2, 0.25) is 0 Å². The van der Waals surface area contributed by atoms with Crippen LogP contribution in [0.15, 0.2) is 273 Å². The highest BCUT2D eigenvalue weighted by Crippen LogP contribution is 2.44. The average molecular weight is 956 g/mol. The number of para-hydroxylation sites is 4. The maximum atomic E-state index is 5.52. The van der Waals surface area contributed by atoms with Crippen LogP contribution in [0.5, 0.6) is 0 Å². The van der Waals surface area contributed by atoms with Crippen LogP contribution in [0, 0.1) is 0 Å². The minimum atomic E-state index is 0.676. The number of rotatable bonds is 8. The van der Waals surface area contributed by atoms with E-state index in [-0.39, 0.29) is 0 Å². The van der Waals surface area contributed by atoms with E-state index in [0.29, 0.717) is 5.82 Å². The molecule has 4 aromatic heterocycles. The molecule has 0 amide bonds. The van der Waals surface area contributed by atoms with Crippen molar-refractivity contribution in [2.45, 2.75) is 0 Å². The Kier molecular flexibility index (Phi) is 9.82. The van der Waals surface area contributed by atoms with E-state index in [1.807, 2.05) is 6.07 Å². The Labute approximate surface area is 433 Å². The molecule has 15 aromatic rings. The van der Waals surface area contributed by atoms with Crippen molar-refractivity contribution in [2.75, 3.05) is 0 Å². The molecule has 0 bridgehead atoms. The molecule has 5 nitrogen and oxygen atoms in total. The maximum Gasteiger partial charge on any atom is 0.160 e. The molecule has 0 fully saturated rings. The quantitative estimate of drug-likeness (QED) is 0.152. The second kappa shape index (κ2) is 17.3. The van der Waals surface area contributed by atoms with Crippen molar-refractivity contribution in [1.82, 2.24) is 23.7 Å². The second-order valence-electron chi connectivity index (χ2n) is 19.3. The smallest absolute Gasteiger partial charge is 0.160 e. The zero-order valence-electron chi connectivity index (χ0n) is 40.7. The molecule has 0 atom stereocenters. The predicted molar refractivity (Wildman–Crippen MR) is 312 cm³/mol. The molecule has 0 spiro atoms. The van der Waals surface area contributed by atoms with E-state index < -0.39 is 0 Å². The first-order chi connectivity index (χ1) is 37.2. The van der Waals surface area contributed by atoms with E-state index >= 15 is 0 Å². The second-order valence-corrected chi connectivity index (χ2v) is 19.3. The fourth-order valence-electron chi connectivity index (χ4n) is 11.6.